The fourth-order valence-electron chi connectivity index (χ4n) is 2.65. The molecule has 0 aliphatic carbocycles. The zero-order valence-corrected chi connectivity index (χ0v) is 16.9. The molecule has 0 fully saturated rings. The van der Waals surface area contributed by atoms with Crippen molar-refractivity contribution in [1.82, 2.24) is 0 Å². The average Bonchev–Trinajstić information content (AvgIpc) is 3.16. The van der Waals surface area contributed by atoms with Crippen molar-refractivity contribution in [3.63, 3.8) is 0 Å². The number of esters is 1. The smallest absolute Gasteiger partial charge is 0.341 e. The van der Waals surface area contributed by atoms with E-state index in [0.717, 1.165) is 5.56 Å². The molecule has 5 nitrogen and oxygen atoms in total. The highest BCUT2D eigenvalue weighted by Crippen LogP contribution is 2.36. The highest BCUT2D eigenvalue weighted by molar-refractivity contribution is 7.15. The van der Waals surface area contributed by atoms with Gasteiger partial charge in [-0.25, -0.2) is 4.79 Å². The minimum absolute atomic E-state index is 0.136. The van der Waals surface area contributed by atoms with Gasteiger partial charge in [0, 0.05) is 16.0 Å². The van der Waals surface area contributed by atoms with Crippen LogP contribution in [0.5, 0.6) is 0 Å². The van der Waals surface area contributed by atoms with E-state index in [0.29, 0.717) is 21.2 Å². The number of hydrogen-bond donors (Lipinski definition) is 1. The maximum Gasteiger partial charge on any atom is 0.341 e. The molecule has 0 bridgehead atoms. The molecule has 144 valence electrons. The first-order valence-electron chi connectivity index (χ1n) is 8.48. The molecule has 0 saturated heterocycles. The fourth-order valence-corrected chi connectivity index (χ4v) is 3.79. The zero-order chi connectivity index (χ0) is 20.8. The summed E-state index contributed by atoms with van der Waals surface area (Å²) >= 11 is 7.29. The van der Waals surface area contributed by atoms with E-state index < -0.39 is 11.9 Å². The summed E-state index contributed by atoms with van der Waals surface area (Å²) in [6.45, 7) is 0. The Hall–Kier alpha value is -3.40. The number of thiophene rings is 1. The molecular formula is C22H15ClN2O3S. The van der Waals surface area contributed by atoms with Crippen molar-refractivity contribution in [3.8, 4) is 17.2 Å². The van der Waals surface area contributed by atoms with E-state index in [-0.39, 0.29) is 11.1 Å². The van der Waals surface area contributed by atoms with Crippen LogP contribution in [0.4, 0.5) is 5.00 Å². The topological polar surface area (TPSA) is 79.2 Å². The number of nitrogens with zero attached hydrogens (tertiary/aromatic N) is 1. The van der Waals surface area contributed by atoms with Gasteiger partial charge < -0.3 is 10.1 Å². The highest BCUT2D eigenvalue weighted by atomic mass is 35.5. The Balaban J connectivity index is 1.96. The molecule has 3 rings (SSSR count). The number of anilines is 1. The third-order valence-corrected chi connectivity index (χ3v) is 5.30. The molecule has 0 saturated carbocycles. The number of carbonyl (C=O) groups excluding carboxylic acids is 2. The molecule has 0 spiro atoms. The van der Waals surface area contributed by atoms with Crippen LogP contribution in [-0.2, 0) is 9.53 Å². The normalized spacial score (nSPS) is 10.9. The van der Waals surface area contributed by atoms with Crippen molar-refractivity contribution in [3.05, 3.63) is 81.7 Å². The van der Waals surface area contributed by atoms with Gasteiger partial charge in [-0.1, -0.05) is 60.1 Å². The van der Waals surface area contributed by atoms with Crippen molar-refractivity contribution in [2.75, 3.05) is 12.4 Å². The molecule has 0 unspecified atom stereocenters. The molecule has 1 amide bonds. The summed E-state index contributed by atoms with van der Waals surface area (Å²) in [6, 6.07) is 18.1. The molecule has 2 aromatic carbocycles. The van der Waals surface area contributed by atoms with Crippen molar-refractivity contribution in [2.45, 2.75) is 0 Å². The quantitative estimate of drug-likeness (QED) is 0.339. The van der Waals surface area contributed by atoms with Gasteiger partial charge in [0.15, 0.2) is 0 Å². The standard InChI is InChI=1S/C22H15ClN2O3S/c1-28-22(27)19-17(14-7-3-2-4-8-14)13-29-21(19)25-20(26)16(12-24)11-15-9-5-6-10-18(15)23/h2-11,13H,1H3,(H,25,26)/b16-11-. The number of carbonyl (C=O) groups is 2. The Bertz CT molecular complexity index is 1130. The van der Waals surface area contributed by atoms with Crippen LogP contribution in [0.3, 0.4) is 0 Å². The molecular weight excluding hydrogens is 408 g/mol. The lowest BCUT2D eigenvalue weighted by Gasteiger charge is -2.07. The lowest BCUT2D eigenvalue weighted by Crippen LogP contribution is -2.15. The van der Waals surface area contributed by atoms with Gasteiger partial charge in [0.25, 0.3) is 5.91 Å². The van der Waals surface area contributed by atoms with Gasteiger partial charge in [-0.05, 0) is 23.3 Å². The molecule has 7 heteroatoms. The van der Waals surface area contributed by atoms with Crippen LogP contribution >= 0.6 is 22.9 Å². The minimum atomic E-state index is -0.640. The minimum Gasteiger partial charge on any atom is -0.465 e. The third kappa shape index (κ3) is 4.54. The summed E-state index contributed by atoms with van der Waals surface area (Å²) in [6.07, 6.45) is 1.40. The van der Waals surface area contributed by atoms with E-state index >= 15 is 0 Å². The first-order chi connectivity index (χ1) is 14.0. The predicted molar refractivity (Wildman–Crippen MR) is 115 cm³/mol. The molecule has 0 radical (unpaired) electrons. The molecule has 0 aliphatic heterocycles. The van der Waals surface area contributed by atoms with Crippen LogP contribution in [-0.4, -0.2) is 19.0 Å². The van der Waals surface area contributed by atoms with Gasteiger partial charge in [0.1, 0.15) is 22.2 Å². The first-order valence-corrected chi connectivity index (χ1v) is 9.73. The molecule has 0 atom stereocenters. The van der Waals surface area contributed by atoms with Crippen LogP contribution in [0.25, 0.3) is 17.2 Å². The van der Waals surface area contributed by atoms with Crippen LogP contribution in [0.15, 0.2) is 65.6 Å². The highest BCUT2D eigenvalue weighted by Gasteiger charge is 2.23. The first kappa shape index (κ1) is 20.3. The van der Waals surface area contributed by atoms with Crippen molar-refractivity contribution in [1.29, 1.82) is 5.26 Å². The van der Waals surface area contributed by atoms with Gasteiger partial charge in [0.2, 0.25) is 0 Å². The van der Waals surface area contributed by atoms with E-state index in [2.05, 4.69) is 5.32 Å². The second-order valence-electron chi connectivity index (χ2n) is 5.86. The Morgan fingerprint density at radius 2 is 1.83 bits per heavy atom. The third-order valence-electron chi connectivity index (χ3n) is 4.06. The second kappa shape index (κ2) is 9.20. The van der Waals surface area contributed by atoms with E-state index in [1.807, 2.05) is 36.4 Å². The predicted octanol–water partition coefficient (Wildman–Crippen LogP) is 5.40. The number of nitrogens with one attached hydrogen (secondary N) is 1. The van der Waals surface area contributed by atoms with Crippen LogP contribution in [0.2, 0.25) is 5.02 Å². The molecule has 1 aromatic heterocycles. The lowest BCUT2D eigenvalue weighted by atomic mass is 10.0. The summed E-state index contributed by atoms with van der Waals surface area (Å²) in [5, 5.41) is 14.6. The van der Waals surface area contributed by atoms with Crippen molar-refractivity contribution < 1.29 is 14.3 Å². The lowest BCUT2D eigenvalue weighted by molar-refractivity contribution is -0.112. The van der Waals surface area contributed by atoms with E-state index in [1.54, 1.807) is 29.6 Å². The SMILES string of the molecule is COC(=O)c1c(-c2ccccc2)csc1NC(=O)/C(C#N)=C\c1ccccc1Cl. The number of methoxy groups -OCH3 is 1. The Morgan fingerprint density at radius 3 is 2.48 bits per heavy atom. The Labute approximate surface area is 176 Å². The maximum absolute atomic E-state index is 12.7. The second-order valence-corrected chi connectivity index (χ2v) is 7.14. The summed E-state index contributed by atoms with van der Waals surface area (Å²) in [5.74, 6) is -1.21. The monoisotopic (exact) mass is 422 g/mol. The molecule has 3 aromatic rings. The van der Waals surface area contributed by atoms with Gasteiger partial charge in [-0.15, -0.1) is 11.3 Å². The number of rotatable bonds is 5. The summed E-state index contributed by atoms with van der Waals surface area (Å²) in [7, 11) is 1.28. The van der Waals surface area contributed by atoms with Crippen molar-refractivity contribution >= 4 is 45.9 Å². The number of ether oxygens (including phenoxy) is 1. The average molecular weight is 423 g/mol. The van der Waals surface area contributed by atoms with E-state index in [1.165, 1.54) is 24.5 Å². The number of amides is 1. The van der Waals surface area contributed by atoms with Crippen LogP contribution in [0.1, 0.15) is 15.9 Å². The number of halogens is 1. The maximum atomic E-state index is 12.7. The molecule has 29 heavy (non-hydrogen) atoms. The van der Waals surface area contributed by atoms with Crippen LogP contribution < -0.4 is 5.32 Å². The van der Waals surface area contributed by atoms with E-state index in [4.69, 9.17) is 16.3 Å². The number of benzene rings is 2. The van der Waals surface area contributed by atoms with Crippen LogP contribution in [0, 0.1) is 11.3 Å². The fraction of sp³-hybridized carbons (Fsp3) is 0.0455. The summed E-state index contributed by atoms with van der Waals surface area (Å²) < 4.78 is 4.90. The molecule has 0 aliphatic rings. The number of hydrogen-bond acceptors (Lipinski definition) is 5. The van der Waals surface area contributed by atoms with Crippen molar-refractivity contribution in [2.24, 2.45) is 0 Å². The Kier molecular flexibility index (Phi) is 6.45. The summed E-state index contributed by atoms with van der Waals surface area (Å²) in [5.41, 5.74) is 2.11. The summed E-state index contributed by atoms with van der Waals surface area (Å²) in [4.78, 5) is 25.1. The largest absolute Gasteiger partial charge is 0.465 e. The van der Waals surface area contributed by atoms with Gasteiger partial charge in [0.05, 0.1) is 7.11 Å². The van der Waals surface area contributed by atoms with E-state index in [9.17, 15) is 14.9 Å². The zero-order valence-electron chi connectivity index (χ0n) is 15.3. The Morgan fingerprint density at radius 1 is 1.14 bits per heavy atom. The van der Waals surface area contributed by atoms with Gasteiger partial charge in [-0.3, -0.25) is 4.79 Å². The molecule has 1 N–H and O–H groups in total. The number of nitriles is 1. The van der Waals surface area contributed by atoms with Gasteiger partial charge in [-0.2, -0.15) is 5.26 Å². The van der Waals surface area contributed by atoms with Gasteiger partial charge >= 0.3 is 5.97 Å². The molecule has 1 heterocycles.